The van der Waals surface area contributed by atoms with Crippen LogP contribution in [0.5, 0.6) is 11.5 Å². The van der Waals surface area contributed by atoms with Gasteiger partial charge in [0.15, 0.2) is 6.61 Å². The van der Waals surface area contributed by atoms with Crippen molar-refractivity contribution in [1.29, 1.82) is 0 Å². The molecule has 0 saturated heterocycles. The molecular formula is C21H25NO5. The first kappa shape index (κ1) is 20.3. The third kappa shape index (κ3) is 5.48. The number of rotatable bonds is 6. The maximum atomic E-state index is 12.2. The second-order valence-electron chi connectivity index (χ2n) is 7.01. The number of methoxy groups -OCH3 is 2. The summed E-state index contributed by atoms with van der Waals surface area (Å²) < 4.78 is 15.4. The van der Waals surface area contributed by atoms with Crippen molar-refractivity contribution in [3.8, 4) is 11.5 Å². The van der Waals surface area contributed by atoms with Crippen LogP contribution < -0.4 is 14.8 Å². The molecule has 0 fully saturated rings. The zero-order valence-electron chi connectivity index (χ0n) is 16.3. The van der Waals surface area contributed by atoms with Crippen molar-refractivity contribution in [2.45, 2.75) is 26.2 Å². The highest BCUT2D eigenvalue weighted by molar-refractivity contribution is 6.02. The molecule has 0 aliphatic carbocycles. The first-order chi connectivity index (χ1) is 12.7. The molecule has 2 rings (SSSR count). The minimum Gasteiger partial charge on any atom is -0.497 e. The van der Waals surface area contributed by atoms with Crippen molar-refractivity contribution in [2.75, 3.05) is 26.1 Å². The number of hydrogen-bond acceptors (Lipinski definition) is 5. The molecule has 27 heavy (non-hydrogen) atoms. The molecule has 6 heteroatoms. The standard InChI is InChI=1S/C21H25NO5/c1-21(2,3)14-6-8-15(9-7-14)27-13-19(23)22-18-11-10-16(25-4)12-17(18)20(24)26-5/h6-12H,13H2,1-5H3,(H,22,23). The van der Waals surface area contributed by atoms with E-state index in [-0.39, 0.29) is 23.5 Å². The fourth-order valence-corrected chi connectivity index (χ4v) is 2.42. The van der Waals surface area contributed by atoms with Gasteiger partial charge in [-0.25, -0.2) is 4.79 Å². The number of carbonyl (C=O) groups excluding carboxylic acids is 2. The quantitative estimate of drug-likeness (QED) is 0.782. The van der Waals surface area contributed by atoms with E-state index in [2.05, 4.69) is 26.1 Å². The largest absolute Gasteiger partial charge is 0.497 e. The number of anilines is 1. The normalized spacial score (nSPS) is 10.9. The van der Waals surface area contributed by atoms with Crippen LogP contribution in [0, 0.1) is 0 Å². The zero-order valence-corrected chi connectivity index (χ0v) is 16.3. The Morgan fingerprint density at radius 3 is 2.15 bits per heavy atom. The van der Waals surface area contributed by atoms with Gasteiger partial charge >= 0.3 is 5.97 Å². The monoisotopic (exact) mass is 371 g/mol. The van der Waals surface area contributed by atoms with Gasteiger partial charge in [0.2, 0.25) is 0 Å². The molecule has 0 atom stereocenters. The van der Waals surface area contributed by atoms with E-state index in [0.717, 1.165) is 0 Å². The third-order valence-corrected chi connectivity index (χ3v) is 4.00. The van der Waals surface area contributed by atoms with Crippen LogP contribution in [0.15, 0.2) is 42.5 Å². The lowest BCUT2D eigenvalue weighted by atomic mass is 9.87. The summed E-state index contributed by atoms with van der Waals surface area (Å²) in [5, 5.41) is 2.66. The summed E-state index contributed by atoms with van der Waals surface area (Å²) in [6.45, 7) is 6.21. The van der Waals surface area contributed by atoms with Crippen LogP contribution in [-0.4, -0.2) is 32.7 Å². The maximum absolute atomic E-state index is 12.2. The smallest absolute Gasteiger partial charge is 0.340 e. The lowest BCUT2D eigenvalue weighted by Crippen LogP contribution is -2.22. The minimum absolute atomic E-state index is 0.0502. The molecule has 6 nitrogen and oxygen atoms in total. The van der Waals surface area contributed by atoms with Crippen LogP contribution in [0.4, 0.5) is 5.69 Å². The van der Waals surface area contributed by atoms with E-state index in [1.165, 1.54) is 25.8 Å². The van der Waals surface area contributed by atoms with Gasteiger partial charge in [0.05, 0.1) is 25.5 Å². The fraction of sp³-hybridized carbons (Fsp3) is 0.333. The molecule has 0 heterocycles. The van der Waals surface area contributed by atoms with Crippen molar-refractivity contribution in [2.24, 2.45) is 0 Å². The van der Waals surface area contributed by atoms with Crippen molar-refractivity contribution in [3.63, 3.8) is 0 Å². The van der Waals surface area contributed by atoms with Crippen molar-refractivity contribution < 1.29 is 23.8 Å². The van der Waals surface area contributed by atoms with Crippen LogP contribution in [-0.2, 0) is 14.9 Å². The van der Waals surface area contributed by atoms with Gasteiger partial charge in [-0.05, 0) is 41.3 Å². The van der Waals surface area contributed by atoms with E-state index < -0.39 is 5.97 Å². The molecule has 0 radical (unpaired) electrons. The maximum Gasteiger partial charge on any atom is 0.340 e. The predicted molar refractivity (Wildman–Crippen MR) is 104 cm³/mol. The Labute approximate surface area is 159 Å². The number of hydrogen-bond donors (Lipinski definition) is 1. The molecule has 0 spiro atoms. The molecular weight excluding hydrogens is 346 g/mol. The average Bonchev–Trinajstić information content (AvgIpc) is 2.65. The lowest BCUT2D eigenvalue weighted by Gasteiger charge is -2.19. The van der Waals surface area contributed by atoms with Crippen LogP contribution in [0.2, 0.25) is 0 Å². The number of carbonyl (C=O) groups is 2. The van der Waals surface area contributed by atoms with E-state index in [1.54, 1.807) is 12.1 Å². The summed E-state index contributed by atoms with van der Waals surface area (Å²) in [5.41, 5.74) is 1.77. The summed E-state index contributed by atoms with van der Waals surface area (Å²) in [6.07, 6.45) is 0. The highest BCUT2D eigenvalue weighted by Gasteiger charge is 2.16. The Hall–Kier alpha value is -3.02. The van der Waals surface area contributed by atoms with E-state index in [9.17, 15) is 9.59 Å². The van der Waals surface area contributed by atoms with Crippen molar-refractivity contribution in [3.05, 3.63) is 53.6 Å². The molecule has 0 aliphatic heterocycles. The topological polar surface area (TPSA) is 73.9 Å². The SMILES string of the molecule is COC(=O)c1cc(OC)ccc1NC(=O)COc1ccc(C(C)(C)C)cc1. The van der Waals surface area contributed by atoms with Crippen molar-refractivity contribution >= 4 is 17.6 Å². The first-order valence-electron chi connectivity index (χ1n) is 8.54. The van der Waals surface area contributed by atoms with Gasteiger partial charge in [0, 0.05) is 0 Å². The van der Waals surface area contributed by atoms with Crippen molar-refractivity contribution in [1.82, 2.24) is 0 Å². The number of esters is 1. The lowest BCUT2D eigenvalue weighted by molar-refractivity contribution is -0.118. The molecule has 1 amide bonds. The number of benzene rings is 2. The second kappa shape index (κ2) is 8.58. The highest BCUT2D eigenvalue weighted by Crippen LogP contribution is 2.25. The Kier molecular flexibility index (Phi) is 6.45. The van der Waals surface area contributed by atoms with E-state index in [0.29, 0.717) is 17.2 Å². The van der Waals surface area contributed by atoms with E-state index >= 15 is 0 Å². The molecule has 2 aromatic carbocycles. The summed E-state index contributed by atoms with van der Waals surface area (Å²) in [5.74, 6) is 0.137. The van der Waals surface area contributed by atoms with Gasteiger partial charge < -0.3 is 19.5 Å². The molecule has 144 valence electrons. The molecule has 0 saturated carbocycles. The average molecular weight is 371 g/mol. The van der Waals surface area contributed by atoms with E-state index in [1.807, 2.05) is 24.3 Å². The third-order valence-electron chi connectivity index (χ3n) is 4.00. The summed E-state index contributed by atoms with van der Waals surface area (Å²) in [6, 6.07) is 12.4. The summed E-state index contributed by atoms with van der Waals surface area (Å²) in [7, 11) is 2.77. The van der Waals surface area contributed by atoms with Crippen LogP contribution >= 0.6 is 0 Å². The minimum atomic E-state index is -0.567. The molecule has 2 aromatic rings. The zero-order chi connectivity index (χ0) is 20.0. The summed E-state index contributed by atoms with van der Waals surface area (Å²) in [4.78, 5) is 24.1. The number of amides is 1. The molecule has 0 aliphatic rings. The number of ether oxygens (including phenoxy) is 3. The molecule has 0 unspecified atom stereocenters. The molecule has 1 N–H and O–H groups in total. The Balaban J connectivity index is 2.02. The van der Waals surface area contributed by atoms with Gasteiger partial charge in [-0.3, -0.25) is 4.79 Å². The van der Waals surface area contributed by atoms with Crippen LogP contribution in [0.1, 0.15) is 36.7 Å². The van der Waals surface area contributed by atoms with Gasteiger partial charge in [-0.15, -0.1) is 0 Å². The summed E-state index contributed by atoms with van der Waals surface area (Å²) >= 11 is 0. The Bertz CT molecular complexity index is 806. The van der Waals surface area contributed by atoms with Crippen LogP contribution in [0.3, 0.4) is 0 Å². The van der Waals surface area contributed by atoms with Gasteiger partial charge in [0.1, 0.15) is 11.5 Å². The molecule has 0 aromatic heterocycles. The Morgan fingerprint density at radius 1 is 0.963 bits per heavy atom. The highest BCUT2D eigenvalue weighted by atomic mass is 16.5. The van der Waals surface area contributed by atoms with E-state index in [4.69, 9.17) is 14.2 Å². The predicted octanol–water partition coefficient (Wildman–Crippen LogP) is 3.80. The number of nitrogens with one attached hydrogen (secondary N) is 1. The van der Waals surface area contributed by atoms with Gasteiger partial charge in [-0.1, -0.05) is 32.9 Å². The second-order valence-corrected chi connectivity index (χ2v) is 7.01. The molecule has 0 bridgehead atoms. The Morgan fingerprint density at radius 2 is 1.59 bits per heavy atom. The van der Waals surface area contributed by atoms with Gasteiger partial charge in [-0.2, -0.15) is 0 Å². The first-order valence-corrected chi connectivity index (χ1v) is 8.54. The van der Waals surface area contributed by atoms with Gasteiger partial charge in [0.25, 0.3) is 5.91 Å². The van der Waals surface area contributed by atoms with Crippen LogP contribution in [0.25, 0.3) is 0 Å². The fourth-order valence-electron chi connectivity index (χ4n) is 2.42.